The second kappa shape index (κ2) is 16.7. The first kappa shape index (κ1) is 46.4. The zero-order valence-corrected chi connectivity index (χ0v) is 44.6. The average molecular weight is 993 g/mol. The highest BCUT2D eigenvalue weighted by molar-refractivity contribution is 6.30. The molecule has 0 amide bonds. The van der Waals surface area contributed by atoms with Gasteiger partial charge in [-0.25, -0.2) is 9.69 Å². The van der Waals surface area contributed by atoms with Crippen LogP contribution in [-0.4, -0.2) is 0 Å². The number of fused-ring (bicyclic) bond motifs is 11. The zero-order valence-electron chi connectivity index (χ0n) is 44.6. The molecule has 2 aliphatic carbocycles. The molecule has 0 heterocycles. The zero-order chi connectivity index (χ0) is 53.7. The lowest BCUT2D eigenvalue weighted by atomic mass is 9.82. The fourth-order valence-corrected chi connectivity index (χ4v) is 14.3. The van der Waals surface area contributed by atoms with Gasteiger partial charge in [0.25, 0.3) is 0 Å². The van der Waals surface area contributed by atoms with Gasteiger partial charge in [-0.05, 0) is 270 Å². The third-order valence-corrected chi connectivity index (χ3v) is 17.2. The SMILES string of the molecule is [C-]#[N+]c1cc(C)c(-c2ccc3c4c(cccc24)-c2cc4c(cc2-3)c(-c2c(C)cc(C)cc2C)cc2c3cc5c(cc3c(-c3c(C)cc(C)cc3C)cc42)-c2ccc(-c3c(C)cc(C#N)cc3[N+]#[C-])c3cccc-5c23)c(C#N)c1. The third kappa shape index (κ3) is 6.42. The van der Waals surface area contributed by atoms with E-state index in [2.05, 4.69) is 185 Å². The van der Waals surface area contributed by atoms with Gasteiger partial charge in [0.2, 0.25) is 0 Å². The minimum absolute atomic E-state index is 0.469. The molecule has 0 unspecified atom stereocenters. The molecule has 2 aliphatic rings. The standard InChI is InChI=1S/C74H48N4/c1-37-21-39(3)69(40(4)22-37)66-34-63-61-30-57-51-16-12-14-49-53(72-43(7)25-45(35-75)27-68(72)78-10)18-20-55(74(49)51)59(57)32-65(61)67(70-41(5)23-38(2)24-42(70)6)33-62(63)60-29-56-50-15-11-13-48-52(17-19-54(73(48)50)58(56)31-64(60)66)71-44(8)26-47(77-9)28-46(71)36-76/h11-34H,1-8H3. The van der Waals surface area contributed by atoms with Crippen LogP contribution in [0.1, 0.15) is 55.6 Å². The Kier molecular flexibility index (Phi) is 9.94. The fraction of sp³-hybridized carbons (Fsp3) is 0.108. The molecule has 78 heavy (non-hydrogen) atoms. The van der Waals surface area contributed by atoms with Gasteiger partial charge in [-0.15, -0.1) is 0 Å². The van der Waals surface area contributed by atoms with Crippen molar-refractivity contribution in [2.24, 2.45) is 0 Å². The Bertz CT molecular complexity index is 4670. The first-order valence-corrected chi connectivity index (χ1v) is 26.5. The average Bonchev–Trinajstić information content (AvgIpc) is 4.14. The van der Waals surface area contributed by atoms with Crippen LogP contribution in [0, 0.1) is 91.2 Å². The predicted molar refractivity (Wildman–Crippen MR) is 324 cm³/mol. The van der Waals surface area contributed by atoms with Gasteiger partial charge < -0.3 is 0 Å². The Balaban J connectivity index is 1.10. The van der Waals surface area contributed by atoms with Crippen LogP contribution in [0.3, 0.4) is 0 Å². The van der Waals surface area contributed by atoms with Crippen molar-refractivity contribution in [2.45, 2.75) is 55.4 Å². The maximum Gasteiger partial charge on any atom is 0.196 e. The molecule has 0 aromatic heterocycles. The molecule has 364 valence electrons. The van der Waals surface area contributed by atoms with E-state index < -0.39 is 0 Å². The van der Waals surface area contributed by atoms with Crippen LogP contribution in [0.2, 0.25) is 0 Å². The molecule has 0 aliphatic heterocycles. The second-order valence-electron chi connectivity index (χ2n) is 22.0. The van der Waals surface area contributed by atoms with Crippen LogP contribution in [0.25, 0.3) is 153 Å². The van der Waals surface area contributed by atoms with Crippen molar-refractivity contribution in [1.82, 2.24) is 0 Å². The van der Waals surface area contributed by atoms with Crippen LogP contribution >= 0.6 is 0 Å². The molecular weight excluding hydrogens is 945 g/mol. The van der Waals surface area contributed by atoms with Gasteiger partial charge in [0, 0.05) is 16.7 Å². The van der Waals surface area contributed by atoms with E-state index in [1.807, 2.05) is 26.0 Å². The molecule has 0 bridgehead atoms. The number of rotatable bonds is 4. The summed E-state index contributed by atoms with van der Waals surface area (Å²) >= 11 is 0. The molecule has 0 atom stereocenters. The Morgan fingerprint density at radius 3 is 1.17 bits per heavy atom. The molecule has 0 radical (unpaired) electrons. The molecule has 0 saturated heterocycles. The van der Waals surface area contributed by atoms with Gasteiger partial charge in [-0.3, -0.25) is 0 Å². The van der Waals surface area contributed by atoms with Crippen LogP contribution in [0.5, 0.6) is 0 Å². The highest BCUT2D eigenvalue weighted by atomic mass is 14.7. The number of nitriles is 2. The number of benzene rings is 12. The fourth-order valence-electron chi connectivity index (χ4n) is 14.3. The molecular formula is C74H48N4. The van der Waals surface area contributed by atoms with Gasteiger partial charge in [0.05, 0.1) is 25.3 Å². The van der Waals surface area contributed by atoms with Crippen LogP contribution in [0.4, 0.5) is 11.4 Å². The van der Waals surface area contributed by atoms with Crippen LogP contribution in [0.15, 0.2) is 146 Å². The maximum absolute atomic E-state index is 10.5. The number of hydrogen-bond acceptors (Lipinski definition) is 2. The van der Waals surface area contributed by atoms with Crippen molar-refractivity contribution < 1.29 is 0 Å². The summed E-state index contributed by atoms with van der Waals surface area (Å²) in [7, 11) is 0. The smallest absolute Gasteiger partial charge is 0.196 e. The van der Waals surface area contributed by atoms with E-state index in [1.165, 1.54) is 143 Å². The molecule has 12 aromatic rings. The quantitative estimate of drug-likeness (QED) is 0.130. The lowest BCUT2D eigenvalue weighted by molar-refractivity contribution is 1.32. The minimum atomic E-state index is 0.469. The maximum atomic E-state index is 10.5. The third-order valence-electron chi connectivity index (χ3n) is 17.2. The predicted octanol–water partition coefficient (Wildman–Crippen LogP) is 20.7. The topological polar surface area (TPSA) is 56.3 Å². The Hall–Kier alpha value is -10.1. The van der Waals surface area contributed by atoms with Crippen molar-refractivity contribution in [1.29, 1.82) is 10.5 Å². The normalized spacial score (nSPS) is 11.8. The first-order chi connectivity index (χ1) is 37.8. The summed E-state index contributed by atoms with van der Waals surface area (Å²) in [5.74, 6) is 0. The van der Waals surface area contributed by atoms with Gasteiger partial charge >= 0.3 is 0 Å². The summed E-state index contributed by atoms with van der Waals surface area (Å²) in [4.78, 5) is 7.65. The van der Waals surface area contributed by atoms with E-state index in [4.69, 9.17) is 13.1 Å². The van der Waals surface area contributed by atoms with E-state index in [9.17, 15) is 10.5 Å². The summed E-state index contributed by atoms with van der Waals surface area (Å²) in [6.45, 7) is 33.3. The van der Waals surface area contributed by atoms with Crippen LogP contribution < -0.4 is 0 Å². The van der Waals surface area contributed by atoms with Crippen molar-refractivity contribution in [2.75, 3.05) is 0 Å². The summed E-state index contributed by atoms with van der Waals surface area (Å²) in [5, 5.41) is 32.0. The molecule has 4 nitrogen and oxygen atoms in total. The highest BCUT2D eigenvalue weighted by Crippen LogP contribution is 2.57. The number of hydrogen-bond donors (Lipinski definition) is 0. The summed E-state index contributed by atoms with van der Waals surface area (Å²) in [6, 6.07) is 58.1. The van der Waals surface area contributed by atoms with E-state index >= 15 is 0 Å². The Morgan fingerprint density at radius 1 is 0.321 bits per heavy atom. The van der Waals surface area contributed by atoms with E-state index in [-0.39, 0.29) is 0 Å². The molecule has 12 aromatic carbocycles. The second-order valence-corrected chi connectivity index (χ2v) is 22.0. The van der Waals surface area contributed by atoms with E-state index in [0.29, 0.717) is 22.5 Å². The van der Waals surface area contributed by atoms with Crippen molar-refractivity contribution in [3.05, 3.63) is 224 Å². The molecule has 4 heteroatoms. The molecule has 14 rings (SSSR count). The number of nitrogens with zero attached hydrogens (tertiary/aromatic N) is 4. The minimum Gasteiger partial charge on any atom is -0.238 e. The lowest BCUT2D eigenvalue weighted by Crippen LogP contribution is -1.96. The van der Waals surface area contributed by atoms with Gasteiger partial charge in [-0.2, -0.15) is 10.5 Å². The van der Waals surface area contributed by atoms with Gasteiger partial charge in [0.1, 0.15) is 0 Å². The molecule has 0 saturated carbocycles. The van der Waals surface area contributed by atoms with Crippen LogP contribution in [-0.2, 0) is 0 Å². The largest absolute Gasteiger partial charge is 0.238 e. The molecule has 0 N–H and O–H groups in total. The Labute approximate surface area is 454 Å². The van der Waals surface area contributed by atoms with Crippen molar-refractivity contribution >= 4 is 65.2 Å². The van der Waals surface area contributed by atoms with Crippen molar-refractivity contribution in [3.63, 3.8) is 0 Å². The van der Waals surface area contributed by atoms with E-state index in [1.54, 1.807) is 12.1 Å². The lowest BCUT2D eigenvalue weighted by Gasteiger charge is -2.21. The van der Waals surface area contributed by atoms with Gasteiger partial charge in [-0.1, -0.05) is 113 Å². The summed E-state index contributed by atoms with van der Waals surface area (Å²) in [5.41, 5.74) is 29.3. The molecule has 0 spiro atoms. The Morgan fingerprint density at radius 2 is 0.718 bits per heavy atom. The first-order valence-electron chi connectivity index (χ1n) is 26.5. The van der Waals surface area contributed by atoms with Crippen molar-refractivity contribution in [3.8, 4) is 101 Å². The van der Waals surface area contributed by atoms with Gasteiger partial charge in [0.15, 0.2) is 11.4 Å². The summed E-state index contributed by atoms with van der Waals surface area (Å²) < 4.78 is 0. The van der Waals surface area contributed by atoms with E-state index in [0.717, 1.165) is 44.2 Å². The molecule has 0 fully saturated rings. The summed E-state index contributed by atoms with van der Waals surface area (Å²) in [6.07, 6.45) is 0. The monoisotopic (exact) mass is 992 g/mol. The number of aryl methyl sites for hydroxylation is 8. The highest BCUT2D eigenvalue weighted by Gasteiger charge is 2.30.